The fourth-order valence-corrected chi connectivity index (χ4v) is 4.68. The Bertz CT molecular complexity index is 809. The zero-order chi connectivity index (χ0) is 21.2. The van der Waals surface area contributed by atoms with E-state index in [1.807, 2.05) is 56.0 Å². The van der Waals surface area contributed by atoms with Crippen molar-refractivity contribution in [3.63, 3.8) is 0 Å². The lowest BCUT2D eigenvalue weighted by atomic mass is 9.91. The van der Waals surface area contributed by atoms with Crippen molar-refractivity contribution < 1.29 is 9.00 Å². The van der Waals surface area contributed by atoms with E-state index in [1.54, 1.807) is 6.08 Å². The summed E-state index contributed by atoms with van der Waals surface area (Å²) >= 11 is 6.08. The molecule has 4 nitrogen and oxygen atoms in total. The third kappa shape index (κ3) is 5.39. The van der Waals surface area contributed by atoms with Crippen LogP contribution in [0, 0.1) is 5.92 Å². The van der Waals surface area contributed by atoms with Crippen LogP contribution in [0.1, 0.15) is 58.1 Å². The maximum atomic E-state index is 13.5. The molecule has 0 saturated heterocycles. The molecule has 6 heteroatoms. The third-order valence-corrected chi connectivity index (χ3v) is 7.35. The van der Waals surface area contributed by atoms with Gasteiger partial charge in [-0.25, -0.2) is 8.93 Å². The number of hydrogen-bond acceptors (Lipinski definition) is 2. The summed E-state index contributed by atoms with van der Waals surface area (Å²) in [4.78, 5) is 15.5. The van der Waals surface area contributed by atoms with Crippen LogP contribution in [0.4, 0.5) is 0 Å². The van der Waals surface area contributed by atoms with Crippen LogP contribution < -0.4 is 4.72 Å². The van der Waals surface area contributed by atoms with Crippen molar-refractivity contribution >= 4 is 28.5 Å². The van der Waals surface area contributed by atoms with Crippen molar-refractivity contribution in [2.24, 2.45) is 5.92 Å². The van der Waals surface area contributed by atoms with E-state index in [9.17, 15) is 9.00 Å². The van der Waals surface area contributed by atoms with Crippen LogP contribution in [0.5, 0.6) is 0 Å². The largest absolute Gasteiger partial charge is 0.327 e. The zero-order valence-electron chi connectivity index (χ0n) is 17.5. The number of amides is 1. The summed E-state index contributed by atoms with van der Waals surface area (Å²) in [6, 6.07) is 7.74. The molecule has 1 heterocycles. The van der Waals surface area contributed by atoms with Crippen LogP contribution in [-0.2, 0) is 15.8 Å². The molecule has 1 aliphatic heterocycles. The molecule has 3 atom stereocenters. The Kier molecular flexibility index (Phi) is 7.02. The van der Waals surface area contributed by atoms with Gasteiger partial charge in [0, 0.05) is 23.2 Å². The Labute approximate surface area is 182 Å². The van der Waals surface area contributed by atoms with E-state index in [4.69, 9.17) is 11.6 Å². The Balaban J connectivity index is 1.91. The maximum Gasteiger partial charge on any atom is 0.250 e. The number of carbonyl (C=O) groups excluding carboxylic acids is 1. The van der Waals surface area contributed by atoms with Gasteiger partial charge in [0.25, 0.3) is 5.91 Å². The summed E-state index contributed by atoms with van der Waals surface area (Å²) in [6.07, 6.45) is 7.37. The standard InChI is InChI=1S/C23H31ClN2O2S/c1-5-6-18-11-14-20(16-9-12-19(24)13-10-16)26(22(18)27)21(17-7-8-17)15-25-29(28)23(2,3)4/h5,9-13,17,20-21,25H,1,6-8,14-15H2,2-4H3. The van der Waals surface area contributed by atoms with Gasteiger partial charge in [0.2, 0.25) is 0 Å². The van der Waals surface area contributed by atoms with E-state index in [-0.39, 0.29) is 22.7 Å². The zero-order valence-corrected chi connectivity index (χ0v) is 19.1. The molecule has 0 spiro atoms. The predicted molar refractivity (Wildman–Crippen MR) is 121 cm³/mol. The highest BCUT2D eigenvalue weighted by Crippen LogP contribution is 2.42. The number of allylic oxidation sites excluding steroid dienone is 1. The van der Waals surface area contributed by atoms with Crippen molar-refractivity contribution in [1.29, 1.82) is 0 Å². The minimum atomic E-state index is -1.17. The van der Waals surface area contributed by atoms with E-state index >= 15 is 0 Å². The molecule has 0 radical (unpaired) electrons. The second-order valence-electron chi connectivity index (χ2n) is 8.87. The second-order valence-corrected chi connectivity index (χ2v) is 11.4. The van der Waals surface area contributed by atoms with Gasteiger partial charge in [-0.2, -0.15) is 0 Å². The van der Waals surface area contributed by atoms with Gasteiger partial charge in [-0.05, 0) is 70.1 Å². The summed E-state index contributed by atoms with van der Waals surface area (Å²) in [5, 5.41) is 0.686. The SMILES string of the molecule is C=CCC1=CCC(c2ccc(Cl)cc2)N(C(CNS(=O)C(C)(C)C)C2CC2)C1=O. The minimum absolute atomic E-state index is 0.0167. The van der Waals surface area contributed by atoms with E-state index in [1.165, 1.54) is 0 Å². The lowest BCUT2D eigenvalue weighted by Crippen LogP contribution is -2.51. The van der Waals surface area contributed by atoms with Crippen LogP contribution in [0.3, 0.4) is 0 Å². The molecular weight excluding hydrogens is 404 g/mol. The number of rotatable bonds is 8. The molecule has 1 aliphatic carbocycles. The Morgan fingerprint density at radius 2 is 1.97 bits per heavy atom. The molecule has 1 N–H and O–H groups in total. The van der Waals surface area contributed by atoms with E-state index < -0.39 is 11.0 Å². The number of nitrogens with zero attached hydrogens (tertiary/aromatic N) is 1. The van der Waals surface area contributed by atoms with E-state index in [0.29, 0.717) is 23.9 Å². The van der Waals surface area contributed by atoms with E-state index in [2.05, 4.69) is 11.3 Å². The summed E-state index contributed by atoms with van der Waals surface area (Å²) in [5.74, 6) is 0.512. The van der Waals surface area contributed by atoms with Crippen molar-refractivity contribution in [1.82, 2.24) is 9.62 Å². The molecule has 1 fully saturated rings. The van der Waals surface area contributed by atoms with Gasteiger partial charge in [-0.3, -0.25) is 4.79 Å². The van der Waals surface area contributed by atoms with Crippen molar-refractivity contribution in [2.45, 2.75) is 63.3 Å². The van der Waals surface area contributed by atoms with Gasteiger partial charge in [-0.1, -0.05) is 35.9 Å². The Morgan fingerprint density at radius 3 is 2.52 bits per heavy atom. The first-order chi connectivity index (χ1) is 13.7. The van der Waals surface area contributed by atoms with Gasteiger partial charge in [-0.15, -0.1) is 6.58 Å². The molecule has 1 aromatic carbocycles. The highest BCUT2D eigenvalue weighted by molar-refractivity contribution is 7.84. The van der Waals surface area contributed by atoms with Crippen molar-refractivity contribution in [3.05, 3.63) is 59.2 Å². The van der Waals surface area contributed by atoms with Gasteiger partial charge in [0.15, 0.2) is 0 Å². The molecule has 158 valence electrons. The van der Waals surface area contributed by atoms with Crippen LogP contribution in [0.2, 0.25) is 5.02 Å². The fourth-order valence-electron chi connectivity index (χ4n) is 3.80. The molecule has 1 saturated carbocycles. The number of nitrogens with one attached hydrogen (secondary N) is 1. The highest BCUT2D eigenvalue weighted by atomic mass is 35.5. The summed E-state index contributed by atoms with van der Waals surface area (Å²) in [6.45, 7) is 10.2. The lowest BCUT2D eigenvalue weighted by molar-refractivity contribution is -0.133. The van der Waals surface area contributed by atoms with Gasteiger partial charge >= 0.3 is 0 Å². The van der Waals surface area contributed by atoms with Crippen LogP contribution >= 0.6 is 11.6 Å². The molecular formula is C23H31ClN2O2S. The molecule has 1 aromatic rings. The number of halogens is 1. The molecule has 1 amide bonds. The molecule has 0 aromatic heterocycles. The first-order valence-corrected chi connectivity index (χ1v) is 11.8. The monoisotopic (exact) mass is 434 g/mol. The quantitative estimate of drug-likeness (QED) is 0.588. The topological polar surface area (TPSA) is 49.4 Å². The number of carbonyl (C=O) groups is 1. The van der Waals surface area contributed by atoms with Crippen molar-refractivity contribution in [3.8, 4) is 0 Å². The van der Waals surface area contributed by atoms with Crippen LogP contribution in [0.25, 0.3) is 0 Å². The highest BCUT2D eigenvalue weighted by Gasteiger charge is 2.43. The smallest absolute Gasteiger partial charge is 0.250 e. The van der Waals surface area contributed by atoms with Crippen LogP contribution in [0.15, 0.2) is 48.6 Å². The van der Waals surface area contributed by atoms with Gasteiger partial charge in [0.05, 0.1) is 21.8 Å². The number of hydrogen-bond donors (Lipinski definition) is 1. The minimum Gasteiger partial charge on any atom is -0.327 e. The summed E-state index contributed by atoms with van der Waals surface area (Å²) in [5.41, 5.74) is 1.88. The van der Waals surface area contributed by atoms with Crippen molar-refractivity contribution in [2.75, 3.05) is 6.54 Å². The predicted octanol–water partition coefficient (Wildman–Crippen LogP) is 4.95. The maximum absolute atomic E-state index is 13.5. The van der Waals surface area contributed by atoms with E-state index in [0.717, 1.165) is 30.4 Å². The first-order valence-electron chi connectivity index (χ1n) is 10.3. The normalized spacial score (nSPS) is 22.2. The summed E-state index contributed by atoms with van der Waals surface area (Å²) in [7, 11) is -1.17. The Morgan fingerprint density at radius 1 is 1.31 bits per heavy atom. The molecule has 29 heavy (non-hydrogen) atoms. The average Bonchev–Trinajstić information content (AvgIpc) is 3.50. The number of benzene rings is 1. The average molecular weight is 435 g/mol. The second kappa shape index (κ2) is 9.15. The van der Waals surface area contributed by atoms with Gasteiger partial charge in [0.1, 0.15) is 0 Å². The first kappa shape index (κ1) is 22.3. The summed E-state index contributed by atoms with van der Waals surface area (Å²) < 4.78 is 15.5. The Hall–Kier alpha value is -1.43. The third-order valence-electron chi connectivity index (χ3n) is 5.55. The molecule has 3 unspecified atom stereocenters. The lowest BCUT2D eigenvalue weighted by Gasteiger charge is -2.42. The van der Waals surface area contributed by atoms with Crippen LogP contribution in [-0.4, -0.2) is 32.3 Å². The van der Waals surface area contributed by atoms with Gasteiger partial charge < -0.3 is 4.90 Å². The molecule has 3 rings (SSSR count). The molecule has 2 aliphatic rings. The fraction of sp³-hybridized carbons (Fsp3) is 0.522. The molecule has 0 bridgehead atoms.